The number of benzene rings is 1. The van der Waals surface area contributed by atoms with E-state index in [2.05, 4.69) is 72.3 Å². The first-order chi connectivity index (χ1) is 10.6. The fourth-order valence-corrected chi connectivity index (χ4v) is 2.26. The Balaban J connectivity index is 1.91. The van der Waals surface area contributed by atoms with Gasteiger partial charge in [0.15, 0.2) is 0 Å². The first-order valence-electron chi connectivity index (χ1n) is 7.69. The van der Waals surface area contributed by atoms with E-state index in [-0.39, 0.29) is 0 Å². The number of rotatable bonds is 7. The molecular formula is C19H25N3. The molecule has 1 aromatic carbocycles. The van der Waals surface area contributed by atoms with Crippen molar-refractivity contribution in [3.8, 4) is 0 Å². The molecule has 0 aliphatic rings. The molecule has 0 saturated heterocycles. The van der Waals surface area contributed by atoms with Crippen molar-refractivity contribution in [2.45, 2.75) is 6.42 Å². The highest BCUT2D eigenvalue weighted by Crippen LogP contribution is 2.16. The summed E-state index contributed by atoms with van der Waals surface area (Å²) in [5, 5.41) is 0. The van der Waals surface area contributed by atoms with Gasteiger partial charge in [-0.2, -0.15) is 0 Å². The van der Waals surface area contributed by atoms with E-state index in [0.717, 1.165) is 13.1 Å². The van der Waals surface area contributed by atoms with Gasteiger partial charge in [0.05, 0.1) is 0 Å². The van der Waals surface area contributed by atoms with Crippen LogP contribution in [0.5, 0.6) is 0 Å². The molecule has 0 aliphatic carbocycles. The largest absolute Gasteiger partial charge is 0.375 e. The van der Waals surface area contributed by atoms with Crippen molar-refractivity contribution in [1.29, 1.82) is 0 Å². The molecular weight excluding hydrogens is 270 g/mol. The summed E-state index contributed by atoms with van der Waals surface area (Å²) in [7, 11) is 6.38. The van der Waals surface area contributed by atoms with Crippen LogP contribution in [0.1, 0.15) is 17.5 Å². The maximum Gasteiger partial charge on any atom is 0.0364 e. The average Bonchev–Trinajstić information content (AvgIpc) is 2.54. The molecule has 0 aliphatic heterocycles. The Morgan fingerprint density at radius 3 is 2.00 bits per heavy atom. The zero-order valence-electron chi connectivity index (χ0n) is 13.7. The number of aromatic nitrogens is 1. The van der Waals surface area contributed by atoms with Gasteiger partial charge in [0.2, 0.25) is 0 Å². The fraction of sp³-hybridized carbons (Fsp3) is 0.316. The standard InChI is InChI=1S/C19H25N3/c1-21(2)15-4-16-22(3)19-9-7-17(8-10-19)5-6-18-11-13-20-14-12-18/h5-14H,4,15-16H2,1-3H3/b6-5+. The lowest BCUT2D eigenvalue weighted by Crippen LogP contribution is -2.23. The molecule has 0 amide bonds. The number of anilines is 1. The Morgan fingerprint density at radius 1 is 0.818 bits per heavy atom. The predicted molar refractivity (Wildman–Crippen MR) is 96.0 cm³/mol. The maximum atomic E-state index is 4.02. The van der Waals surface area contributed by atoms with Crippen molar-refractivity contribution in [1.82, 2.24) is 9.88 Å². The van der Waals surface area contributed by atoms with Crippen LogP contribution < -0.4 is 4.90 Å². The summed E-state index contributed by atoms with van der Waals surface area (Å²) in [6.07, 6.45) is 9.03. The molecule has 3 heteroatoms. The van der Waals surface area contributed by atoms with Gasteiger partial charge < -0.3 is 9.80 Å². The van der Waals surface area contributed by atoms with Gasteiger partial charge in [-0.15, -0.1) is 0 Å². The second-order valence-electron chi connectivity index (χ2n) is 5.78. The number of nitrogens with zero attached hydrogens (tertiary/aromatic N) is 3. The van der Waals surface area contributed by atoms with Crippen LogP contribution in [0, 0.1) is 0 Å². The molecule has 22 heavy (non-hydrogen) atoms. The number of hydrogen-bond donors (Lipinski definition) is 0. The summed E-state index contributed by atoms with van der Waals surface area (Å²) in [5.41, 5.74) is 3.64. The number of pyridine rings is 1. The molecule has 0 fully saturated rings. The topological polar surface area (TPSA) is 19.4 Å². The van der Waals surface area contributed by atoms with Gasteiger partial charge in [-0.1, -0.05) is 24.3 Å². The van der Waals surface area contributed by atoms with Crippen LogP contribution in [-0.4, -0.2) is 44.1 Å². The van der Waals surface area contributed by atoms with Gasteiger partial charge in [-0.25, -0.2) is 0 Å². The minimum atomic E-state index is 1.07. The molecule has 3 nitrogen and oxygen atoms in total. The molecule has 1 heterocycles. The van der Waals surface area contributed by atoms with Crippen molar-refractivity contribution in [3.63, 3.8) is 0 Å². The number of hydrogen-bond acceptors (Lipinski definition) is 3. The van der Waals surface area contributed by atoms with Crippen LogP contribution in [0.25, 0.3) is 12.2 Å². The van der Waals surface area contributed by atoms with Gasteiger partial charge in [0, 0.05) is 31.7 Å². The quantitative estimate of drug-likeness (QED) is 0.777. The predicted octanol–water partition coefficient (Wildman–Crippen LogP) is 3.64. The van der Waals surface area contributed by atoms with Crippen LogP contribution in [0.2, 0.25) is 0 Å². The van der Waals surface area contributed by atoms with E-state index in [9.17, 15) is 0 Å². The lowest BCUT2D eigenvalue weighted by molar-refractivity contribution is 0.401. The summed E-state index contributed by atoms with van der Waals surface area (Å²) < 4.78 is 0. The summed E-state index contributed by atoms with van der Waals surface area (Å²) >= 11 is 0. The molecule has 1 aromatic heterocycles. The third-order valence-corrected chi connectivity index (χ3v) is 3.61. The second-order valence-corrected chi connectivity index (χ2v) is 5.78. The highest BCUT2D eigenvalue weighted by Gasteiger charge is 2.00. The van der Waals surface area contributed by atoms with Gasteiger partial charge >= 0.3 is 0 Å². The van der Waals surface area contributed by atoms with E-state index in [0.29, 0.717) is 0 Å². The zero-order chi connectivity index (χ0) is 15.8. The summed E-state index contributed by atoms with van der Waals surface area (Å²) in [6, 6.07) is 12.7. The van der Waals surface area contributed by atoms with Crippen molar-refractivity contribution in [2.24, 2.45) is 0 Å². The monoisotopic (exact) mass is 295 g/mol. The zero-order valence-corrected chi connectivity index (χ0v) is 13.7. The smallest absolute Gasteiger partial charge is 0.0364 e. The first kappa shape index (κ1) is 16.2. The molecule has 2 aromatic rings. The Kier molecular flexibility index (Phi) is 6.16. The Morgan fingerprint density at radius 2 is 1.41 bits per heavy atom. The fourth-order valence-electron chi connectivity index (χ4n) is 2.26. The minimum absolute atomic E-state index is 1.07. The van der Waals surface area contributed by atoms with Crippen LogP contribution in [-0.2, 0) is 0 Å². The second kappa shape index (κ2) is 8.35. The van der Waals surface area contributed by atoms with Crippen molar-refractivity contribution >= 4 is 17.8 Å². The molecule has 0 unspecified atom stereocenters. The minimum Gasteiger partial charge on any atom is -0.375 e. The van der Waals surface area contributed by atoms with E-state index in [1.165, 1.54) is 23.2 Å². The highest BCUT2D eigenvalue weighted by molar-refractivity contribution is 5.70. The first-order valence-corrected chi connectivity index (χ1v) is 7.69. The summed E-state index contributed by atoms with van der Waals surface area (Å²) in [4.78, 5) is 8.55. The molecule has 116 valence electrons. The SMILES string of the molecule is CN(C)CCCN(C)c1ccc(/C=C/c2ccncc2)cc1. The normalized spacial score (nSPS) is 11.3. The molecule has 0 N–H and O–H groups in total. The third-order valence-electron chi connectivity index (χ3n) is 3.61. The van der Waals surface area contributed by atoms with Gasteiger partial charge in [-0.3, -0.25) is 4.98 Å². The van der Waals surface area contributed by atoms with Crippen LogP contribution >= 0.6 is 0 Å². The van der Waals surface area contributed by atoms with Gasteiger partial charge in [0.1, 0.15) is 0 Å². The highest BCUT2D eigenvalue weighted by atomic mass is 15.1. The third kappa shape index (κ3) is 5.34. The Hall–Kier alpha value is -2.13. The molecule has 0 atom stereocenters. The van der Waals surface area contributed by atoms with E-state index in [1.54, 1.807) is 0 Å². The van der Waals surface area contributed by atoms with Crippen molar-refractivity contribution in [2.75, 3.05) is 39.1 Å². The van der Waals surface area contributed by atoms with Crippen molar-refractivity contribution < 1.29 is 0 Å². The summed E-state index contributed by atoms with van der Waals surface area (Å²) in [5.74, 6) is 0. The van der Waals surface area contributed by atoms with Crippen LogP contribution in [0.4, 0.5) is 5.69 Å². The average molecular weight is 295 g/mol. The lowest BCUT2D eigenvalue weighted by Gasteiger charge is -2.20. The van der Waals surface area contributed by atoms with E-state index in [1.807, 2.05) is 24.5 Å². The molecule has 0 spiro atoms. The van der Waals surface area contributed by atoms with Crippen LogP contribution in [0.15, 0.2) is 48.8 Å². The van der Waals surface area contributed by atoms with E-state index in [4.69, 9.17) is 0 Å². The molecule has 2 rings (SSSR count). The molecule has 0 bridgehead atoms. The van der Waals surface area contributed by atoms with Gasteiger partial charge in [-0.05, 0) is 62.5 Å². The molecule has 0 radical (unpaired) electrons. The molecule has 0 saturated carbocycles. The maximum absolute atomic E-state index is 4.02. The Labute approximate surface area is 133 Å². The summed E-state index contributed by atoms with van der Waals surface area (Å²) in [6.45, 7) is 2.20. The Bertz CT molecular complexity index is 573. The van der Waals surface area contributed by atoms with E-state index < -0.39 is 0 Å². The van der Waals surface area contributed by atoms with Crippen LogP contribution in [0.3, 0.4) is 0 Å². The van der Waals surface area contributed by atoms with E-state index >= 15 is 0 Å². The lowest BCUT2D eigenvalue weighted by atomic mass is 10.1. The van der Waals surface area contributed by atoms with Crippen molar-refractivity contribution in [3.05, 3.63) is 59.9 Å². The van der Waals surface area contributed by atoms with Gasteiger partial charge in [0.25, 0.3) is 0 Å².